The summed E-state index contributed by atoms with van der Waals surface area (Å²) in [6, 6.07) is 13.2. The summed E-state index contributed by atoms with van der Waals surface area (Å²) in [6.07, 6.45) is 4.04. The number of hydrogen-bond acceptors (Lipinski definition) is 5. The maximum atomic E-state index is 13.7. The largest absolute Gasteiger partial charge is 0.497 e. The van der Waals surface area contributed by atoms with Crippen LogP contribution in [0.1, 0.15) is 23.2 Å². The topological polar surface area (TPSA) is 60.2 Å². The van der Waals surface area contributed by atoms with Gasteiger partial charge in [0, 0.05) is 37.3 Å². The number of benzene rings is 1. The van der Waals surface area contributed by atoms with Crippen LogP contribution in [0.5, 0.6) is 5.75 Å². The number of hydrogen-bond donors (Lipinski definition) is 0. The molecule has 1 aliphatic carbocycles. The van der Waals surface area contributed by atoms with E-state index in [9.17, 15) is 9.59 Å². The fourth-order valence-electron chi connectivity index (χ4n) is 4.21. The number of amides is 1. The molecule has 1 amide bonds. The molecule has 6 nitrogen and oxygen atoms in total. The van der Waals surface area contributed by atoms with Gasteiger partial charge in [-0.25, -0.2) is 0 Å². The van der Waals surface area contributed by atoms with E-state index in [2.05, 4.69) is 0 Å². The zero-order chi connectivity index (χ0) is 22.9. The van der Waals surface area contributed by atoms with E-state index < -0.39 is 0 Å². The summed E-state index contributed by atoms with van der Waals surface area (Å²) in [4.78, 5) is 29.1. The van der Waals surface area contributed by atoms with Crippen LogP contribution in [0.2, 0.25) is 0 Å². The summed E-state index contributed by atoms with van der Waals surface area (Å²) in [7, 11) is 3.26. The monoisotopic (exact) mass is 462 g/mol. The molecule has 1 aromatic carbocycles. The third-order valence-electron chi connectivity index (χ3n) is 6.22. The number of rotatable bonds is 8. The maximum Gasteiger partial charge on any atom is 0.263 e. The fraction of sp³-hybridized carbons (Fsp3) is 0.308. The van der Waals surface area contributed by atoms with Gasteiger partial charge >= 0.3 is 0 Å². The van der Waals surface area contributed by atoms with Crippen LogP contribution in [0.3, 0.4) is 0 Å². The number of fused-ring (bicyclic) bond motifs is 3. The van der Waals surface area contributed by atoms with Crippen molar-refractivity contribution in [3.63, 3.8) is 0 Å². The van der Waals surface area contributed by atoms with Gasteiger partial charge in [-0.15, -0.1) is 11.3 Å². The predicted octanol–water partition coefficient (Wildman–Crippen LogP) is 4.69. The number of carbonyl (C=O) groups is 1. The second-order valence-electron chi connectivity index (χ2n) is 8.43. The summed E-state index contributed by atoms with van der Waals surface area (Å²) in [6.45, 7) is 1.75. The highest BCUT2D eigenvalue weighted by Gasteiger charge is 2.28. The van der Waals surface area contributed by atoms with E-state index in [1.165, 1.54) is 0 Å². The van der Waals surface area contributed by atoms with Crippen molar-refractivity contribution in [3.05, 3.63) is 70.0 Å². The van der Waals surface area contributed by atoms with Crippen LogP contribution in [-0.4, -0.2) is 49.1 Å². The van der Waals surface area contributed by atoms with E-state index in [0.29, 0.717) is 30.2 Å². The number of nitrogens with zero attached hydrogens (tertiary/aromatic N) is 2. The Morgan fingerprint density at radius 3 is 2.61 bits per heavy atom. The molecule has 170 valence electrons. The van der Waals surface area contributed by atoms with Crippen molar-refractivity contribution in [2.45, 2.75) is 12.8 Å². The Hall–Kier alpha value is -3.16. The zero-order valence-corrected chi connectivity index (χ0v) is 19.6. The second kappa shape index (κ2) is 9.00. The van der Waals surface area contributed by atoms with Crippen molar-refractivity contribution in [1.29, 1.82) is 0 Å². The third kappa shape index (κ3) is 4.14. The van der Waals surface area contributed by atoms with Gasteiger partial charge < -0.3 is 14.4 Å². The number of thiophene rings is 1. The van der Waals surface area contributed by atoms with Crippen LogP contribution in [0, 0.1) is 5.92 Å². The molecule has 1 saturated carbocycles. The van der Waals surface area contributed by atoms with Crippen LogP contribution in [0.25, 0.3) is 26.7 Å². The highest BCUT2D eigenvalue weighted by molar-refractivity contribution is 7.18. The molecular weight excluding hydrogens is 436 g/mol. The molecule has 0 bridgehead atoms. The highest BCUT2D eigenvalue weighted by atomic mass is 32.1. The van der Waals surface area contributed by atoms with Gasteiger partial charge in [-0.3, -0.25) is 14.0 Å². The van der Waals surface area contributed by atoms with E-state index in [1.807, 2.05) is 52.7 Å². The molecular formula is C26H26N2O4S. The Labute approximate surface area is 196 Å². The summed E-state index contributed by atoms with van der Waals surface area (Å²) in [5.41, 5.74) is 2.62. The van der Waals surface area contributed by atoms with Gasteiger partial charge in [0.05, 0.1) is 29.5 Å². The van der Waals surface area contributed by atoms with E-state index >= 15 is 0 Å². The zero-order valence-electron chi connectivity index (χ0n) is 18.7. The quantitative estimate of drug-likeness (QED) is 0.381. The Kier molecular flexibility index (Phi) is 5.91. The molecule has 0 radical (unpaired) electrons. The van der Waals surface area contributed by atoms with Crippen molar-refractivity contribution >= 4 is 32.8 Å². The predicted molar refractivity (Wildman–Crippen MR) is 132 cm³/mol. The minimum Gasteiger partial charge on any atom is -0.497 e. The molecule has 7 heteroatoms. The molecule has 3 heterocycles. The van der Waals surface area contributed by atoms with Gasteiger partial charge in [0.15, 0.2) is 0 Å². The van der Waals surface area contributed by atoms with Crippen molar-refractivity contribution in [2.24, 2.45) is 5.92 Å². The van der Waals surface area contributed by atoms with Crippen molar-refractivity contribution < 1.29 is 14.3 Å². The maximum absolute atomic E-state index is 13.7. The van der Waals surface area contributed by atoms with Crippen molar-refractivity contribution in [1.82, 2.24) is 9.30 Å². The number of pyridine rings is 2. The molecule has 0 spiro atoms. The smallest absolute Gasteiger partial charge is 0.263 e. The Balaban J connectivity index is 1.63. The van der Waals surface area contributed by atoms with E-state index in [4.69, 9.17) is 9.47 Å². The van der Waals surface area contributed by atoms with Crippen LogP contribution in [0.15, 0.2) is 58.8 Å². The number of methoxy groups -OCH3 is 2. The molecule has 4 aromatic rings. The van der Waals surface area contributed by atoms with Crippen LogP contribution >= 0.6 is 11.3 Å². The molecule has 1 aliphatic rings. The molecule has 1 fully saturated rings. The molecule has 0 aliphatic heterocycles. The van der Waals surface area contributed by atoms with Gasteiger partial charge in [0.1, 0.15) is 5.75 Å². The standard InChI is InChI=1S/C26H26N2O4S/c1-31-13-12-27(15-17-3-4-17)25(29)22-16-28-23(24-21(22)11-14-33-24)10-9-20(26(28)30)18-5-7-19(32-2)8-6-18/h5-11,14,16-17H,3-4,12-13,15H2,1-2H3. The molecule has 5 rings (SSSR count). The second-order valence-corrected chi connectivity index (χ2v) is 9.35. The molecule has 33 heavy (non-hydrogen) atoms. The van der Waals surface area contributed by atoms with Gasteiger partial charge in [0.25, 0.3) is 11.5 Å². The lowest BCUT2D eigenvalue weighted by Gasteiger charge is -2.23. The first-order valence-electron chi connectivity index (χ1n) is 11.1. The first-order chi connectivity index (χ1) is 16.1. The first kappa shape index (κ1) is 21.7. The van der Waals surface area contributed by atoms with Crippen LogP contribution in [-0.2, 0) is 4.74 Å². The van der Waals surface area contributed by atoms with Gasteiger partial charge in [-0.1, -0.05) is 12.1 Å². The lowest BCUT2D eigenvalue weighted by molar-refractivity contribution is 0.0687. The summed E-state index contributed by atoms with van der Waals surface area (Å²) >= 11 is 1.55. The normalized spacial score (nSPS) is 13.5. The number of ether oxygens (including phenoxy) is 2. The average molecular weight is 463 g/mol. The van der Waals surface area contributed by atoms with Gasteiger partial charge in [-0.2, -0.15) is 0 Å². The summed E-state index contributed by atoms with van der Waals surface area (Å²) in [5.74, 6) is 1.25. The minimum atomic E-state index is -0.146. The molecule has 0 N–H and O–H groups in total. The van der Waals surface area contributed by atoms with Gasteiger partial charge in [-0.05, 0) is 60.0 Å². The molecule has 0 unspecified atom stereocenters. The lowest BCUT2D eigenvalue weighted by atomic mass is 10.1. The fourth-order valence-corrected chi connectivity index (χ4v) is 5.14. The van der Waals surface area contributed by atoms with Crippen LogP contribution < -0.4 is 10.3 Å². The summed E-state index contributed by atoms with van der Waals surface area (Å²) in [5, 5.41) is 2.86. The van der Waals surface area contributed by atoms with E-state index in [1.54, 1.807) is 36.2 Å². The lowest BCUT2D eigenvalue weighted by Crippen LogP contribution is -2.36. The Bertz CT molecular complexity index is 1370. The Morgan fingerprint density at radius 1 is 1.12 bits per heavy atom. The average Bonchev–Trinajstić information content (AvgIpc) is 3.53. The SMILES string of the molecule is COCCN(CC1CC1)C(=O)c1cn2c(=O)c(-c3ccc(OC)cc3)ccc2c2sccc12. The molecule has 0 atom stereocenters. The highest BCUT2D eigenvalue weighted by Crippen LogP contribution is 2.33. The van der Waals surface area contributed by atoms with E-state index in [0.717, 1.165) is 46.3 Å². The Morgan fingerprint density at radius 2 is 1.91 bits per heavy atom. The van der Waals surface area contributed by atoms with E-state index in [-0.39, 0.29) is 11.5 Å². The van der Waals surface area contributed by atoms with Crippen LogP contribution in [0.4, 0.5) is 0 Å². The molecule has 3 aromatic heterocycles. The number of carbonyl (C=O) groups excluding carboxylic acids is 1. The summed E-state index contributed by atoms with van der Waals surface area (Å²) < 4.78 is 13.0. The first-order valence-corrected chi connectivity index (χ1v) is 12.0. The van der Waals surface area contributed by atoms with Gasteiger partial charge in [0.2, 0.25) is 0 Å². The minimum absolute atomic E-state index is 0.0500. The van der Waals surface area contributed by atoms with Crippen molar-refractivity contribution in [3.8, 4) is 16.9 Å². The number of aromatic nitrogens is 1. The van der Waals surface area contributed by atoms with Crippen molar-refractivity contribution in [2.75, 3.05) is 33.9 Å². The molecule has 0 saturated heterocycles. The third-order valence-corrected chi connectivity index (χ3v) is 7.16.